The summed E-state index contributed by atoms with van der Waals surface area (Å²) >= 11 is 0. The predicted octanol–water partition coefficient (Wildman–Crippen LogP) is 3.27. The number of hydrogen-bond donors (Lipinski definition) is 1. The number of rotatable bonds is 4. The molecular formula is C15H22N2O3. The zero-order chi connectivity index (χ0) is 14.7. The lowest BCUT2D eigenvalue weighted by Crippen LogP contribution is -2.33. The Labute approximate surface area is 119 Å². The Hall–Kier alpha value is -1.62. The Morgan fingerprint density at radius 1 is 1.45 bits per heavy atom. The van der Waals surface area contributed by atoms with Gasteiger partial charge >= 0.3 is 0 Å². The summed E-state index contributed by atoms with van der Waals surface area (Å²) in [6, 6.07) is 5.04. The van der Waals surface area contributed by atoms with Crippen LogP contribution in [0, 0.1) is 16.0 Å². The molecule has 20 heavy (non-hydrogen) atoms. The molecule has 0 saturated carbocycles. The van der Waals surface area contributed by atoms with Crippen LogP contribution in [0.1, 0.15) is 44.8 Å². The van der Waals surface area contributed by atoms with Crippen molar-refractivity contribution in [3.8, 4) is 0 Å². The third kappa shape index (κ3) is 3.10. The van der Waals surface area contributed by atoms with Crippen molar-refractivity contribution in [1.82, 2.24) is 0 Å². The molecule has 1 saturated heterocycles. The maximum atomic E-state index is 11.3. The molecule has 2 rings (SSSR count). The van der Waals surface area contributed by atoms with Crippen LogP contribution >= 0.6 is 0 Å². The van der Waals surface area contributed by atoms with Crippen molar-refractivity contribution in [3.05, 3.63) is 33.9 Å². The highest BCUT2D eigenvalue weighted by molar-refractivity contribution is 5.64. The number of anilines is 1. The van der Waals surface area contributed by atoms with Crippen LogP contribution in [0.3, 0.4) is 0 Å². The molecule has 1 aromatic rings. The number of benzene rings is 1. The van der Waals surface area contributed by atoms with Gasteiger partial charge in [0.1, 0.15) is 5.69 Å². The number of hydrogen-bond acceptors (Lipinski definition) is 4. The monoisotopic (exact) mass is 278 g/mol. The fourth-order valence-electron chi connectivity index (χ4n) is 2.80. The zero-order valence-corrected chi connectivity index (χ0v) is 12.1. The van der Waals surface area contributed by atoms with Crippen molar-refractivity contribution in [2.75, 3.05) is 18.0 Å². The Balaban J connectivity index is 2.25. The van der Waals surface area contributed by atoms with E-state index < -0.39 is 6.10 Å². The molecule has 110 valence electrons. The fraction of sp³-hybridized carbons (Fsp3) is 0.600. The van der Waals surface area contributed by atoms with Crippen LogP contribution in [-0.2, 0) is 0 Å². The van der Waals surface area contributed by atoms with E-state index in [-0.39, 0.29) is 10.6 Å². The second-order valence-electron chi connectivity index (χ2n) is 5.52. The topological polar surface area (TPSA) is 66.6 Å². The molecular weight excluding hydrogens is 256 g/mol. The van der Waals surface area contributed by atoms with Crippen molar-refractivity contribution in [2.24, 2.45) is 5.92 Å². The van der Waals surface area contributed by atoms with E-state index in [1.54, 1.807) is 19.1 Å². The third-order valence-electron chi connectivity index (χ3n) is 4.21. The van der Waals surface area contributed by atoms with Gasteiger partial charge in [0.15, 0.2) is 0 Å². The molecule has 0 aliphatic carbocycles. The van der Waals surface area contributed by atoms with Gasteiger partial charge in [-0.3, -0.25) is 10.1 Å². The van der Waals surface area contributed by atoms with Gasteiger partial charge in [0.05, 0.1) is 11.0 Å². The van der Waals surface area contributed by atoms with Gasteiger partial charge in [-0.05, 0) is 37.3 Å². The van der Waals surface area contributed by atoms with E-state index in [4.69, 9.17) is 0 Å². The molecule has 5 nitrogen and oxygen atoms in total. The molecule has 1 N–H and O–H groups in total. The van der Waals surface area contributed by atoms with Crippen molar-refractivity contribution in [1.29, 1.82) is 0 Å². The van der Waals surface area contributed by atoms with Crippen LogP contribution in [0.2, 0.25) is 0 Å². The molecule has 0 unspecified atom stereocenters. The van der Waals surface area contributed by atoms with Crippen LogP contribution in [0.25, 0.3) is 0 Å². The molecule has 1 aromatic carbocycles. The summed E-state index contributed by atoms with van der Waals surface area (Å²) < 4.78 is 0. The van der Waals surface area contributed by atoms with E-state index in [1.807, 2.05) is 0 Å². The van der Waals surface area contributed by atoms with E-state index in [9.17, 15) is 15.2 Å². The average Bonchev–Trinajstić information content (AvgIpc) is 2.46. The molecule has 1 heterocycles. The highest BCUT2D eigenvalue weighted by Gasteiger charge is 2.24. The van der Waals surface area contributed by atoms with Crippen LogP contribution in [0.5, 0.6) is 0 Å². The summed E-state index contributed by atoms with van der Waals surface area (Å²) in [4.78, 5) is 13.0. The van der Waals surface area contributed by atoms with Gasteiger partial charge in [0.2, 0.25) is 0 Å². The molecule has 1 aliphatic rings. The Morgan fingerprint density at radius 3 is 2.60 bits per heavy atom. The maximum absolute atomic E-state index is 11.3. The number of piperidine rings is 1. The molecule has 1 atom stereocenters. The van der Waals surface area contributed by atoms with Crippen molar-refractivity contribution >= 4 is 11.4 Å². The zero-order valence-electron chi connectivity index (χ0n) is 12.1. The lowest BCUT2D eigenvalue weighted by molar-refractivity contribution is -0.384. The van der Waals surface area contributed by atoms with Gasteiger partial charge in [-0.15, -0.1) is 0 Å². The first kappa shape index (κ1) is 14.8. The lowest BCUT2D eigenvalue weighted by Gasteiger charge is -2.33. The van der Waals surface area contributed by atoms with Gasteiger partial charge in [-0.1, -0.05) is 19.4 Å². The van der Waals surface area contributed by atoms with Crippen LogP contribution in [0.15, 0.2) is 18.2 Å². The predicted molar refractivity (Wildman–Crippen MR) is 79.0 cm³/mol. The number of aliphatic hydroxyl groups is 1. The van der Waals surface area contributed by atoms with Gasteiger partial charge in [-0.25, -0.2) is 0 Å². The maximum Gasteiger partial charge on any atom is 0.292 e. The van der Waals surface area contributed by atoms with Gasteiger partial charge in [-0.2, -0.15) is 0 Å². The molecule has 1 aliphatic heterocycles. The standard InChI is InChI=1S/C15H22N2O3/c1-3-12-6-8-16(9-7-12)14-5-4-13(11(2)18)10-15(14)17(19)20/h4-5,10-12,18H,3,6-9H2,1-2H3/t11-/m1/s1. The SMILES string of the molecule is CCC1CCN(c2ccc([C@@H](C)O)cc2[N+](=O)[O-])CC1. The third-order valence-corrected chi connectivity index (χ3v) is 4.21. The first-order valence-electron chi connectivity index (χ1n) is 7.24. The van der Waals surface area contributed by atoms with E-state index in [0.717, 1.165) is 31.8 Å². The summed E-state index contributed by atoms with van der Waals surface area (Å²) in [5, 5.41) is 20.8. The van der Waals surface area contributed by atoms with Crippen LogP contribution in [-0.4, -0.2) is 23.1 Å². The average molecular weight is 278 g/mol. The molecule has 0 spiro atoms. The Kier molecular flexibility index (Phi) is 4.60. The smallest absolute Gasteiger partial charge is 0.292 e. The van der Waals surface area contributed by atoms with Crippen LogP contribution in [0.4, 0.5) is 11.4 Å². The first-order valence-corrected chi connectivity index (χ1v) is 7.24. The summed E-state index contributed by atoms with van der Waals surface area (Å²) in [5.41, 5.74) is 1.36. The second kappa shape index (κ2) is 6.22. The summed E-state index contributed by atoms with van der Waals surface area (Å²) in [6.07, 6.45) is 2.67. The first-order chi connectivity index (χ1) is 9.52. The molecule has 1 fully saturated rings. The summed E-state index contributed by atoms with van der Waals surface area (Å²) in [7, 11) is 0. The number of aliphatic hydroxyl groups excluding tert-OH is 1. The van der Waals surface area contributed by atoms with Gasteiger partial charge in [0.25, 0.3) is 5.69 Å². The number of nitrogens with zero attached hydrogens (tertiary/aromatic N) is 2. The van der Waals surface area contributed by atoms with Crippen LogP contribution < -0.4 is 4.90 Å². The Bertz CT molecular complexity index is 480. The fourth-order valence-corrected chi connectivity index (χ4v) is 2.80. The largest absolute Gasteiger partial charge is 0.389 e. The highest BCUT2D eigenvalue weighted by Crippen LogP contribution is 2.34. The van der Waals surface area contributed by atoms with E-state index in [1.165, 1.54) is 12.5 Å². The minimum absolute atomic E-state index is 0.0957. The minimum atomic E-state index is -0.687. The second-order valence-corrected chi connectivity index (χ2v) is 5.52. The van der Waals surface area contributed by atoms with E-state index in [2.05, 4.69) is 11.8 Å². The summed E-state index contributed by atoms with van der Waals surface area (Å²) in [5.74, 6) is 0.738. The van der Waals surface area contributed by atoms with Crippen molar-refractivity contribution in [3.63, 3.8) is 0 Å². The van der Waals surface area contributed by atoms with Crippen molar-refractivity contribution < 1.29 is 10.0 Å². The molecule has 5 heteroatoms. The van der Waals surface area contributed by atoms with Crippen molar-refractivity contribution in [2.45, 2.75) is 39.2 Å². The molecule has 0 amide bonds. The number of nitro groups is 1. The highest BCUT2D eigenvalue weighted by atomic mass is 16.6. The number of nitro benzene ring substituents is 1. The molecule has 0 radical (unpaired) electrons. The molecule has 0 aromatic heterocycles. The van der Waals surface area contributed by atoms with Gasteiger partial charge in [0, 0.05) is 19.2 Å². The lowest BCUT2D eigenvalue weighted by atomic mass is 9.94. The summed E-state index contributed by atoms with van der Waals surface area (Å²) in [6.45, 7) is 5.55. The normalized spacial score (nSPS) is 18.1. The van der Waals surface area contributed by atoms with E-state index >= 15 is 0 Å². The quantitative estimate of drug-likeness (QED) is 0.678. The van der Waals surface area contributed by atoms with Gasteiger partial charge < -0.3 is 10.0 Å². The Morgan fingerprint density at radius 2 is 2.10 bits per heavy atom. The molecule has 0 bridgehead atoms. The minimum Gasteiger partial charge on any atom is -0.389 e. The van der Waals surface area contributed by atoms with E-state index in [0.29, 0.717) is 11.3 Å².